The summed E-state index contributed by atoms with van der Waals surface area (Å²) in [5.41, 5.74) is 1.02. The smallest absolute Gasteiger partial charge is 0.257 e. The Morgan fingerprint density at radius 2 is 1.90 bits per heavy atom. The van der Waals surface area contributed by atoms with Gasteiger partial charge in [-0.3, -0.25) is 4.79 Å². The topological polar surface area (TPSA) is 20.3 Å². The van der Waals surface area contributed by atoms with Crippen molar-refractivity contribution in [2.75, 3.05) is 12.4 Å². The second-order valence-electron chi connectivity index (χ2n) is 4.53. The van der Waals surface area contributed by atoms with Gasteiger partial charge in [0.25, 0.3) is 5.91 Å². The maximum Gasteiger partial charge on any atom is 0.257 e. The van der Waals surface area contributed by atoms with Crippen LogP contribution in [0.5, 0.6) is 0 Å². The Hall–Kier alpha value is -1.39. The lowest BCUT2D eigenvalue weighted by Crippen LogP contribution is -2.32. The van der Waals surface area contributed by atoms with Crippen LogP contribution < -0.4 is 0 Å². The number of carbonyl (C=O) groups excluding carboxylic acids is 1. The number of benzene rings is 2. The molecule has 2 aromatic carbocycles. The van der Waals surface area contributed by atoms with E-state index >= 15 is 0 Å². The third-order valence-corrected chi connectivity index (χ3v) is 3.68. The molecule has 0 saturated carbocycles. The van der Waals surface area contributed by atoms with E-state index in [4.69, 9.17) is 11.6 Å². The molecule has 0 atom stereocenters. The minimum Gasteiger partial charge on any atom is -0.333 e. The highest BCUT2D eigenvalue weighted by atomic mass is 79.9. The quantitative estimate of drug-likeness (QED) is 0.711. The van der Waals surface area contributed by atoms with Crippen LogP contribution in [0.4, 0.5) is 4.39 Å². The van der Waals surface area contributed by atoms with E-state index in [-0.39, 0.29) is 11.5 Å². The Labute approximate surface area is 136 Å². The highest BCUT2D eigenvalue weighted by Crippen LogP contribution is 2.18. The Kier molecular flexibility index (Phi) is 5.76. The Bertz CT molecular complexity index is 621. The lowest BCUT2D eigenvalue weighted by atomic mass is 10.1. The molecule has 0 bridgehead atoms. The fourth-order valence-corrected chi connectivity index (χ4v) is 2.56. The first-order valence-corrected chi connectivity index (χ1v) is 7.79. The van der Waals surface area contributed by atoms with Gasteiger partial charge in [-0.2, -0.15) is 0 Å². The molecule has 0 radical (unpaired) electrons. The molecule has 2 nitrogen and oxygen atoms in total. The fourth-order valence-electron chi connectivity index (χ4n) is 1.99. The lowest BCUT2D eigenvalue weighted by Gasteiger charge is -2.22. The Balaban J connectivity index is 2.25. The first kappa shape index (κ1) is 16.0. The molecule has 21 heavy (non-hydrogen) atoms. The van der Waals surface area contributed by atoms with E-state index < -0.39 is 5.82 Å². The summed E-state index contributed by atoms with van der Waals surface area (Å²) in [6.07, 6.45) is 0. The molecular formula is C16H14BrClFNO. The fraction of sp³-hybridized carbons (Fsp3) is 0.188. The van der Waals surface area contributed by atoms with E-state index in [9.17, 15) is 9.18 Å². The van der Waals surface area contributed by atoms with Crippen molar-refractivity contribution in [2.45, 2.75) is 6.54 Å². The number of hydrogen-bond donors (Lipinski definition) is 0. The van der Waals surface area contributed by atoms with Crippen LogP contribution in [0.1, 0.15) is 15.9 Å². The van der Waals surface area contributed by atoms with Gasteiger partial charge in [-0.05, 0) is 23.8 Å². The van der Waals surface area contributed by atoms with Crippen LogP contribution in [0.3, 0.4) is 0 Å². The van der Waals surface area contributed by atoms with Crippen LogP contribution in [0.25, 0.3) is 0 Å². The Morgan fingerprint density at radius 3 is 2.57 bits per heavy atom. The lowest BCUT2D eigenvalue weighted by molar-refractivity contribution is 0.0749. The summed E-state index contributed by atoms with van der Waals surface area (Å²) in [6.45, 7) is 0.763. The molecule has 1 amide bonds. The molecular weight excluding hydrogens is 357 g/mol. The zero-order valence-electron chi connectivity index (χ0n) is 11.2. The van der Waals surface area contributed by atoms with Crippen molar-refractivity contribution in [1.82, 2.24) is 4.90 Å². The predicted molar refractivity (Wildman–Crippen MR) is 86.0 cm³/mol. The largest absolute Gasteiger partial charge is 0.333 e. The zero-order valence-corrected chi connectivity index (χ0v) is 13.6. The summed E-state index contributed by atoms with van der Waals surface area (Å²) >= 11 is 9.02. The molecule has 0 aromatic heterocycles. The first-order chi connectivity index (χ1) is 10.1. The normalized spacial score (nSPS) is 10.4. The molecule has 0 N–H and O–H groups in total. The number of amides is 1. The van der Waals surface area contributed by atoms with E-state index in [1.165, 1.54) is 12.1 Å². The van der Waals surface area contributed by atoms with E-state index in [0.29, 0.717) is 23.4 Å². The van der Waals surface area contributed by atoms with Crippen LogP contribution in [0.2, 0.25) is 0 Å². The molecule has 0 spiro atoms. The number of rotatable bonds is 5. The number of alkyl halides is 1. The molecule has 0 aliphatic carbocycles. The molecule has 0 aliphatic heterocycles. The van der Waals surface area contributed by atoms with Crippen LogP contribution in [0.15, 0.2) is 53.0 Å². The summed E-state index contributed by atoms with van der Waals surface area (Å²) in [5, 5.41) is 0. The van der Waals surface area contributed by atoms with Crippen LogP contribution >= 0.6 is 27.5 Å². The highest BCUT2D eigenvalue weighted by Gasteiger charge is 2.19. The molecule has 2 rings (SSSR count). The molecule has 0 unspecified atom stereocenters. The minimum atomic E-state index is -0.532. The average Bonchev–Trinajstić information content (AvgIpc) is 2.49. The van der Waals surface area contributed by atoms with Crippen molar-refractivity contribution < 1.29 is 9.18 Å². The standard InChI is InChI=1S/C16H14BrClFNO/c17-13-6-7-15(19)14(10-13)16(21)20(9-8-18)11-12-4-2-1-3-5-12/h1-7,10H,8-9,11H2. The van der Waals surface area contributed by atoms with E-state index in [2.05, 4.69) is 15.9 Å². The van der Waals surface area contributed by atoms with Gasteiger partial charge < -0.3 is 4.90 Å². The molecule has 2 aromatic rings. The molecule has 0 fully saturated rings. The first-order valence-electron chi connectivity index (χ1n) is 6.46. The highest BCUT2D eigenvalue weighted by molar-refractivity contribution is 9.10. The zero-order chi connectivity index (χ0) is 15.2. The summed E-state index contributed by atoms with van der Waals surface area (Å²) in [4.78, 5) is 14.1. The van der Waals surface area contributed by atoms with Crippen LogP contribution in [-0.4, -0.2) is 23.2 Å². The summed E-state index contributed by atoms with van der Waals surface area (Å²) in [7, 11) is 0. The van der Waals surface area contributed by atoms with E-state index in [1.54, 1.807) is 11.0 Å². The number of halogens is 3. The van der Waals surface area contributed by atoms with Crippen molar-refractivity contribution in [1.29, 1.82) is 0 Å². The van der Waals surface area contributed by atoms with Crippen molar-refractivity contribution in [3.05, 3.63) is 69.9 Å². The number of nitrogens with zero attached hydrogens (tertiary/aromatic N) is 1. The van der Waals surface area contributed by atoms with Crippen molar-refractivity contribution >= 4 is 33.4 Å². The molecule has 110 valence electrons. The Morgan fingerprint density at radius 1 is 1.19 bits per heavy atom. The molecule has 5 heteroatoms. The summed E-state index contributed by atoms with van der Waals surface area (Å²) < 4.78 is 14.5. The summed E-state index contributed by atoms with van der Waals surface area (Å²) in [6, 6.07) is 13.9. The van der Waals surface area contributed by atoms with Gasteiger partial charge in [0.1, 0.15) is 5.82 Å². The van der Waals surface area contributed by atoms with Gasteiger partial charge in [-0.15, -0.1) is 11.6 Å². The minimum absolute atomic E-state index is 0.0467. The molecule has 0 saturated heterocycles. The van der Waals surface area contributed by atoms with Gasteiger partial charge in [-0.1, -0.05) is 46.3 Å². The average molecular weight is 371 g/mol. The predicted octanol–water partition coefficient (Wildman–Crippen LogP) is 4.47. The SMILES string of the molecule is O=C(c1cc(Br)ccc1F)N(CCCl)Cc1ccccc1. The van der Waals surface area contributed by atoms with Crippen molar-refractivity contribution in [3.63, 3.8) is 0 Å². The number of carbonyl (C=O) groups is 1. The van der Waals surface area contributed by atoms with Crippen LogP contribution in [-0.2, 0) is 6.54 Å². The third-order valence-electron chi connectivity index (χ3n) is 3.02. The van der Waals surface area contributed by atoms with Gasteiger partial charge >= 0.3 is 0 Å². The second-order valence-corrected chi connectivity index (χ2v) is 5.82. The van der Waals surface area contributed by atoms with Gasteiger partial charge in [0.15, 0.2) is 0 Å². The van der Waals surface area contributed by atoms with Gasteiger partial charge in [0.05, 0.1) is 5.56 Å². The maximum atomic E-state index is 13.9. The van der Waals surface area contributed by atoms with Crippen molar-refractivity contribution in [3.8, 4) is 0 Å². The number of hydrogen-bond acceptors (Lipinski definition) is 1. The second kappa shape index (κ2) is 7.57. The molecule has 0 aliphatic rings. The van der Waals surface area contributed by atoms with E-state index in [0.717, 1.165) is 5.56 Å². The van der Waals surface area contributed by atoms with Crippen LogP contribution in [0, 0.1) is 5.82 Å². The van der Waals surface area contributed by atoms with E-state index in [1.807, 2.05) is 30.3 Å². The van der Waals surface area contributed by atoms with Gasteiger partial charge in [0, 0.05) is 23.4 Å². The third kappa shape index (κ3) is 4.29. The van der Waals surface area contributed by atoms with Crippen molar-refractivity contribution in [2.24, 2.45) is 0 Å². The monoisotopic (exact) mass is 369 g/mol. The van der Waals surface area contributed by atoms with Gasteiger partial charge in [0.2, 0.25) is 0 Å². The van der Waals surface area contributed by atoms with Gasteiger partial charge in [-0.25, -0.2) is 4.39 Å². The molecule has 0 heterocycles. The maximum absolute atomic E-state index is 13.9. The summed E-state index contributed by atoms with van der Waals surface area (Å²) in [5.74, 6) is -0.595.